The normalized spacial score (nSPS) is 12.3. The van der Waals surface area contributed by atoms with Gasteiger partial charge in [0, 0.05) is 22.9 Å². The second kappa shape index (κ2) is 7.31. The van der Waals surface area contributed by atoms with E-state index >= 15 is 0 Å². The molecule has 2 rings (SSSR count). The zero-order valence-corrected chi connectivity index (χ0v) is 12.8. The highest BCUT2D eigenvalue weighted by molar-refractivity contribution is 7.99. The molecule has 0 aliphatic carbocycles. The van der Waals surface area contributed by atoms with Gasteiger partial charge in [-0.05, 0) is 50.2 Å². The number of likely N-dealkylation sites (N-methyl/N-ethyl adjacent to an activating group) is 1. The summed E-state index contributed by atoms with van der Waals surface area (Å²) in [5.74, 6) is 1.62. The van der Waals surface area contributed by atoms with Gasteiger partial charge in [0.1, 0.15) is 5.82 Å². The monoisotopic (exact) mass is 287 g/mol. The molecule has 1 heterocycles. The van der Waals surface area contributed by atoms with Gasteiger partial charge in [-0.2, -0.15) is 0 Å². The lowest BCUT2D eigenvalue weighted by Crippen LogP contribution is -2.30. The molecule has 0 spiro atoms. The van der Waals surface area contributed by atoms with Crippen LogP contribution in [0.25, 0.3) is 0 Å². The van der Waals surface area contributed by atoms with Crippen molar-refractivity contribution in [3.63, 3.8) is 0 Å². The third kappa shape index (κ3) is 4.54. The van der Waals surface area contributed by atoms with Crippen molar-refractivity contribution < 1.29 is 0 Å². The van der Waals surface area contributed by atoms with E-state index in [0.29, 0.717) is 11.9 Å². The fraction of sp³-hybridized carbons (Fsp3) is 0.312. The van der Waals surface area contributed by atoms with Gasteiger partial charge in [-0.3, -0.25) is 0 Å². The molecule has 2 aromatic rings. The van der Waals surface area contributed by atoms with Gasteiger partial charge in [-0.15, -0.1) is 11.8 Å². The van der Waals surface area contributed by atoms with Crippen molar-refractivity contribution in [2.75, 3.05) is 18.5 Å². The van der Waals surface area contributed by atoms with E-state index in [2.05, 4.69) is 41.5 Å². The fourth-order valence-electron chi connectivity index (χ4n) is 1.98. The molecule has 0 saturated carbocycles. The van der Waals surface area contributed by atoms with E-state index in [4.69, 9.17) is 5.73 Å². The van der Waals surface area contributed by atoms with E-state index in [1.165, 1.54) is 16.0 Å². The fourth-order valence-corrected chi connectivity index (χ4v) is 2.99. The minimum atomic E-state index is 0.420. The Morgan fingerprint density at radius 2 is 2.00 bits per heavy atom. The molecule has 1 unspecified atom stereocenters. The van der Waals surface area contributed by atoms with E-state index in [0.717, 1.165) is 12.2 Å². The highest BCUT2D eigenvalue weighted by Gasteiger charge is 2.08. The Kier molecular flexibility index (Phi) is 5.44. The number of nitrogens with one attached hydrogen (secondary N) is 1. The van der Waals surface area contributed by atoms with Crippen LogP contribution in [0.15, 0.2) is 47.5 Å². The van der Waals surface area contributed by atoms with Crippen molar-refractivity contribution in [3.8, 4) is 0 Å². The Morgan fingerprint density at radius 3 is 2.65 bits per heavy atom. The molecule has 20 heavy (non-hydrogen) atoms. The van der Waals surface area contributed by atoms with Crippen molar-refractivity contribution >= 4 is 17.6 Å². The predicted molar refractivity (Wildman–Crippen MR) is 87.1 cm³/mol. The van der Waals surface area contributed by atoms with E-state index < -0.39 is 0 Å². The van der Waals surface area contributed by atoms with Crippen molar-refractivity contribution in [2.45, 2.75) is 24.3 Å². The average molecular weight is 287 g/mol. The number of benzene rings is 1. The molecule has 0 bridgehead atoms. The number of pyridine rings is 1. The summed E-state index contributed by atoms with van der Waals surface area (Å²) in [4.78, 5) is 5.34. The van der Waals surface area contributed by atoms with Crippen LogP contribution in [0, 0.1) is 6.92 Å². The van der Waals surface area contributed by atoms with Crippen LogP contribution >= 0.6 is 11.8 Å². The molecule has 1 aromatic carbocycles. The maximum absolute atomic E-state index is 5.72. The Labute approximate surface area is 125 Å². The number of nitrogens with zero attached hydrogens (tertiary/aromatic N) is 1. The minimum absolute atomic E-state index is 0.420. The lowest BCUT2D eigenvalue weighted by molar-refractivity contribution is 0.617. The lowest BCUT2D eigenvalue weighted by Gasteiger charge is -2.16. The van der Waals surface area contributed by atoms with Gasteiger partial charge < -0.3 is 11.1 Å². The van der Waals surface area contributed by atoms with E-state index in [1.54, 1.807) is 6.20 Å². The second-order valence-corrected chi connectivity index (χ2v) is 6.00. The Bertz CT molecular complexity index is 540. The molecule has 0 saturated heterocycles. The van der Waals surface area contributed by atoms with E-state index in [1.807, 2.05) is 30.9 Å². The molecule has 1 aromatic heterocycles. The summed E-state index contributed by atoms with van der Waals surface area (Å²) >= 11 is 1.88. The van der Waals surface area contributed by atoms with Gasteiger partial charge in [0.05, 0.1) is 0 Å². The first-order valence-corrected chi connectivity index (χ1v) is 7.73. The molecule has 1 atom stereocenters. The van der Waals surface area contributed by atoms with Crippen LogP contribution in [0.3, 0.4) is 0 Å². The first-order chi connectivity index (χ1) is 9.67. The van der Waals surface area contributed by atoms with Gasteiger partial charge >= 0.3 is 0 Å². The molecule has 0 amide bonds. The van der Waals surface area contributed by atoms with Crippen LogP contribution in [0.2, 0.25) is 0 Å². The predicted octanol–water partition coefficient (Wildman–Crippen LogP) is 2.90. The summed E-state index contributed by atoms with van der Waals surface area (Å²) in [6.45, 7) is 2.11. The third-order valence-electron chi connectivity index (χ3n) is 3.21. The first-order valence-electron chi connectivity index (χ1n) is 6.74. The van der Waals surface area contributed by atoms with Crippen LogP contribution in [-0.2, 0) is 6.42 Å². The van der Waals surface area contributed by atoms with E-state index in [-0.39, 0.29) is 0 Å². The number of aryl methyl sites for hydroxylation is 1. The number of thioether (sulfide) groups is 1. The zero-order valence-electron chi connectivity index (χ0n) is 12.0. The Hall–Kier alpha value is -1.52. The maximum Gasteiger partial charge on any atom is 0.123 e. The van der Waals surface area contributed by atoms with Crippen LogP contribution in [0.4, 0.5) is 5.82 Å². The number of anilines is 1. The second-order valence-electron chi connectivity index (χ2n) is 4.90. The topological polar surface area (TPSA) is 50.9 Å². The lowest BCUT2D eigenvalue weighted by atomic mass is 10.1. The van der Waals surface area contributed by atoms with Gasteiger partial charge in [0.15, 0.2) is 0 Å². The summed E-state index contributed by atoms with van der Waals surface area (Å²) in [5, 5.41) is 3.37. The number of rotatable bonds is 6. The molecular formula is C16H21N3S. The summed E-state index contributed by atoms with van der Waals surface area (Å²) in [5.41, 5.74) is 8.24. The zero-order chi connectivity index (χ0) is 14.4. The quantitative estimate of drug-likeness (QED) is 0.802. The number of aromatic nitrogens is 1. The molecule has 3 N–H and O–H groups in total. The number of nitrogens with two attached hydrogens (primary N) is 1. The first kappa shape index (κ1) is 14.9. The smallest absolute Gasteiger partial charge is 0.123 e. The minimum Gasteiger partial charge on any atom is -0.384 e. The summed E-state index contributed by atoms with van der Waals surface area (Å²) < 4.78 is 0. The summed E-state index contributed by atoms with van der Waals surface area (Å²) in [7, 11) is 2.00. The third-order valence-corrected chi connectivity index (χ3v) is 4.38. The molecule has 0 aliphatic heterocycles. The van der Waals surface area contributed by atoms with E-state index in [9.17, 15) is 0 Å². The van der Waals surface area contributed by atoms with Crippen molar-refractivity contribution in [1.82, 2.24) is 10.3 Å². The highest BCUT2D eigenvalue weighted by atomic mass is 32.2. The maximum atomic E-state index is 5.72. The molecular weight excluding hydrogens is 266 g/mol. The number of nitrogen functional groups attached to an aromatic ring is 1. The average Bonchev–Trinajstić information content (AvgIpc) is 2.45. The molecule has 3 nitrogen and oxygen atoms in total. The van der Waals surface area contributed by atoms with Gasteiger partial charge in [-0.1, -0.05) is 17.7 Å². The molecule has 106 valence electrons. The molecule has 0 aliphatic rings. The highest BCUT2D eigenvalue weighted by Crippen LogP contribution is 2.20. The molecule has 0 radical (unpaired) electrons. The number of hydrogen-bond donors (Lipinski definition) is 2. The molecule has 0 fully saturated rings. The van der Waals surface area contributed by atoms with Gasteiger partial charge in [0.2, 0.25) is 0 Å². The van der Waals surface area contributed by atoms with Crippen molar-refractivity contribution in [1.29, 1.82) is 0 Å². The van der Waals surface area contributed by atoms with Crippen molar-refractivity contribution in [3.05, 3.63) is 53.7 Å². The summed E-state index contributed by atoms with van der Waals surface area (Å²) in [6.07, 6.45) is 2.73. The van der Waals surface area contributed by atoms with Crippen molar-refractivity contribution in [2.24, 2.45) is 0 Å². The Morgan fingerprint density at radius 1 is 1.25 bits per heavy atom. The Balaban J connectivity index is 1.90. The summed E-state index contributed by atoms with van der Waals surface area (Å²) in [6, 6.07) is 13.1. The standard InChI is InChI=1S/C16H21N3S/c1-12-3-5-15(6-4-12)20-11-14(18-2)9-13-7-8-19-16(17)10-13/h3-8,10,14,18H,9,11H2,1-2H3,(H2,17,19). The largest absolute Gasteiger partial charge is 0.384 e. The van der Waals surface area contributed by atoms with Crippen LogP contribution in [0.5, 0.6) is 0 Å². The van der Waals surface area contributed by atoms with Gasteiger partial charge in [-0.25, -0.2) is 4.98 Å². The van der Waals surface area contributed by atoms with Crippen LogP contribution < -0.4 is 11.1 Å². The van der Waals surface area contributed by atoms with Gasteiger partial charge in [0.25, 0.3) is 0 Å². The van der Waals surface area contributed by atoms with Crippen LogP contribution in [0.1, 0.15) is 11.1 Å². The van der Waals surface area contributed by atoms with Crippen LogP contribution in [-0.4, -0.2) is 23.8 Å². The SMILES string of the molecule is CNC(CSc1ccc(C)cc1)Cc1ccnc(N)c1. The molecule has 4 heteroatoms. The number of hydrogen-bond acceptors (Lipinski definition) is 4.